The molecule has 0 fully saturated rings. The maximum atomic E-state index is 7.03. The molecule has 0 saturated carbocycles. The van der Waals surface area contributed by atoms with E-state index in [9.17, 15) is 0 Å². The lowest BCUT2D eigenvalue weighted by atomic mass is 9.80. The summed E-state index contributed by atoms with van der Waals surface area (Å²) < 4.78 is 18.8. The highest BCUT2D eigenvalue weighted by molar-refractivity contribution is 5.47. The smallest absolute Gasteiger partial charge is 0.143 e. The summed E-state index contributed by atoms with van der Waals surface area (Å²) >= 11 is 0. The van der Waals surface area contributed by atoms with E-state index < -0.39 is 5.60 Å². The third-order valence-corrected chi connectivity index (χ3v) is 6.55. The highest BCUT2D eigenvalue weighted by Gasteiger charge is 2.38. The molecule has 0 N–H and O–H groups in total. The third-order valence-electron chi connectivity index (χ3n) is 6.55. The van der Waals surface area contributed by atoms with Crippen LogP contribution in [0, 0.1) is 0 Å². The molecule has 186 valence electrons. The van der Waals surface area contributed by atoms with Crippen LogP contribution in [0.1, 0.15) is 48.4 Å². The first-order valence-electron chi connectivity index (χ1n) is 12.8. The first-order chi connectivity index (χ1) is 17.8. The zero-order chi connectivity index (χ0) is 25.1. The summed E-state index contributed by atoms with van der Waals surface area (Å²) in [6.07, 6.45) is 3.12. The summed E-state index contributed by atoms with van der Waals surface area (Å²) in [6, 6.07) is 39.6. The minimum Gasteiger partial charge on any atom is -0.497 e. The molecule has 0 aliphatic rings. The Morgan fingerprint density at radius 3 is 1.61 bits per heavy atom. The molecule has 36 heavy (non-hydrogen) atoms. The topological polar surface area (TPSA) is 27.7 Å². The number of ether oxygens (including phenoxy) is 3. The van der Waals surface area contributed by atoms with Crippen LogP contribution in [0.2, 0.25) is 0 Å². The Labute approximate surface area is 215 Å². The van der Waals surface area contributed by atoms with Crippen molar-refractivity contribution in [1.82, 2.24) is 0 Å². The summed E-state index contributed by atoms with van der Waals surface area (Å²) in [7, 11) is 1.68. The van der Waals surface area contributed by atoms with E-state index in [-0.39, 0.29) is 6.10 Å². The average Bonchev–Trinajstić information content (AvgIpc) is 2.96. The van der Waals surface area contributed by atoms with Crippen LogP contribution >= 0.6 is 0 Å². The van der Waals surface area contributed by atoms with Crippen molar-refractivity contribution in [2.24, 2.45) is 0 Å². The molecule has 0 heterocycles. The molecule has 0 aromatic heterocycles. The zero-order valence-electron chi connectivity index (χ0n) is 21.3. The first kappa shape index (κ1) is 25.7. The molecule has 0 aliphatic heterocycles. The molecular formula is C33H36O3. The van der Waals surface area contributed by atoms with Gasteiger partial charge in [-0.1, -0.05) is 123 Å². The fourth-order valence-electron chi connectivity index (χ4n) is 4.57. The standard InChI is InChI=1S/C33H36O3/c1-3-4-20-32(35-25-27-21-23-31(34-2)24-22-27)26-36-33(28-14-8-5-9-15-28,29-16-10-6-11-17-29)30-18-12-7-13-19-30/h5-19,21-24,32H,3-4,20,25-26H2,1-2H3/t32-/m1/s1. The molecule has 1 atom stereocenters. The monoisotopic (exact) mass is 480 g/mol. The number of methoxy groups -OCH3 is 1. The SMILES string of the molecule is CCCC[C@H](COC(c1ccccc1)(c1ccccc1)c1ccccc1)OCc1ccc(OC)cc1. The molecule has 0 spiro atoms. The van der Waals surface area contributed by atoms with E-state index in [1.807, 2.05) is 30.3 Å². The fourth-order valence-corrected chi connectivity index (χ4v) is 4.57. The van der Waals surface area contributed by atoms with Gasteiger partial charge in [0, 0.05) is 0 Å². The van der Waals surface area contributed by atoms with Crippen LogP contribution < -0.4 is 4.74 Å². The van der Waals surface area contributed by atoms with E-state index in [1.54, 1.807) is 7.11 Å². The second-order valence-corrected chi connectivity index (χ2v) is 9.01. The van der Waals surface area contributed by atoms with E-state index in [0.29, 0.717) is 13.2 Å². The van der Waals surface area contributed by atoms with Crippen molar-refractivity contribution >= 4 is 0 Å². The van der Waals surface area contributed by atoms with E-state index >= 15 is 0 Å². The van der Waals surface area contributed by atoms with Crippen LogP contribution in [0.3, 0.4) is 0 Å². The van der Waals surface area contributed by atoms with Gasteiger partial charge >= 0.3 is 0 Å². The van der Waals surface area contributed by atoms with E-state index in [4.69, 9.17) is 14.2 Å². The zero-order valence-corrected chi connectivity index (χ0v) is 21.3. The van der Waals surface area contributed by atoms with Gasteiger partial charge in [0.15, 0.2) is 0 Å². The second-order valence-electron chi connectivity index (χ2n) is 9.01. The highest BCUT2D eigenvalue weighted by atomic mass is 16.5. The normalized spacial score (nSPS) is 12.3. The maximum Gasteiger partial charge on any atom is 0.143 e. The second kappa shape index (κ2) is 13.1. The van der Waals surface area contributed by atoms with E-state index in [0.717, 1.165) is 47.3 Å². The van der Waals surface area contributed by atoms with Gasteiger partial charge in [-0.15, -0.1) is 0 Å². The van der Waals surface area contributed by atoms with Gasteiger partial charge in [0.05, 0.1) is 26.4 Å². The van der Waals surface area contributed by atoms with Crippen LogP contribution in [0.25, 0.3) is 0 Å². The molecular weight excluding hydrogens is 444 g/mol. The lowest BCUT2D eigenvalue weighted by Gasteiger charge is -2.37. The van der Waals surface area contributed by atoms with Crippen molar-refractivity contribution in [3.05, 3.63) is 138 Å². The van der Waals surface area contributed by atoms with Crippen LogP contribution in [0.15, 0.2) is 115 Å². The summed E-state index contributed by atoms with van der Waals surface area (Å²) in [5.41, 5.74) is 3.70. The van der Waals surface area contributed by atoms with Gasteiger partial charge in [-0.2, -0.15) is 0 Å². The van der Waals surface area contributed by atoms with Gasteiger partial charge in [-0.3, -0.25) is 0 Å². The number of benzene rings is 4. The predicted octanol–water partition coefficient (Wildman–Crippen LogP) is 7.78. The molecule has 0 unspecified atom stereocenters. The van der Waals surface area contributed by atoms with Crippen molar-refractivity contribution < 1.29 is 14.2 Å². The number of rotatable bonds is 13. The number of unbranched alkanes of at least 4 members (excludes halogenated alkanes) is 1. The Morgan fingerprint density at radius 1 is 0.667 bits per heavy atom. The Hall–Kier alpha value is -3.40. The molecule has 4 rings (SSSR count). The van der Waals surface area contributed by atoms with Crippen LogP contribution in [-0.4, -0.2) is 19.8 Å². The summed E-state index contributed by atoms with van der Waals surface area (Å²) in [6.45, 7) is 3.23. The molecule has 0 aliphatic carbocycles. The van der Waals surface area contributed by atoms with Gasteiger partial charge in [-0.05, 0) is 40.8 Å². The minimum atomic E-state index is -0.738. The van der Waals surface area contributed by atoms with Crippen molar-refractivity contribution in [2.45, 2.75) is 44.5 Å². The van der Waals surface area contributed by atoms with Crippen LogP contribution in [0.4, 0.5) is 0 Å². The summed E-state index contributed by atoms with van der Waals surface area (Å²) in [5, 5.41) is 0. The molecule has 0 saturated heterocycles. The average molecular weight is 481 g/mol. The third kappa shape index (κ3) is 6.23. The summed E-state index contributed by atoms with van der Waals surface area (Å²) in [4.78, 5) is 0. The highest BCUT2D eigenvalue weighted by Crippen LogP contribution is 2.40. The summed E-state index contributed by atoms with van der Waals surface area (Å²) in [5.74, 6) is 0.850. The Kier molecular flexibility index (Phi) is 9.32. The fraction of sp³-hybridized carbons (Fsp3) is 0.273. The first-order valence-corrected chi connectivity index (χ1v) is 12.8. The molecule has 4 aromatic rings. The lowest BCUT2D eigenvalue weighted by molar-refractivity contribution is -0.0729. The molecule has 4 aromatic carbocycles. The Morgan fingerprint density at radius 2 is 1.17 bits per heavy atom. The van der Waals surface area contributed by atoms with Crippen molar-refractivity contribution in [3.63, 3.8) is 0 Å². The van der Waals surface area contributed by atoms with Crippen molar-refractivity contribution in [2.75, 3.05) is 13.7 Å². The van der Waals surface area contributed by atoms with Crippen LogP contribution in [0.5, 0.6) is 5.75 Å². The van der Waals surface area contributed by atoms with Gasteiger partial charge in [0.2, 0.25) is 0 Å². The van der Waals surface area contributed by atoms with Gasteiger partial charge < -0.3 is 14.2 Å². The lowest BCUT2D eigenvalue weighted by Crippen LogP contribution is -2.36. The predicted molar refractivity (Wildman–Crippen MR) is 146 cm³/mol. The molecule has 0 amide bonds. The largest absolute Gasteiger partial charge is 0.497 e. The number of hydrogen-bond donors (Lipinski definition) is 0. The minimum absolute atomic E-state index is 0.0254. The van der Waals surface area contributed by atoms with Crippen molar-refractivity contribution in [3.8, 4) is 5.75 Å². The Balaban J connectivity index is 1.64. The molecule has 3 nitrogen and oxygen atoms in total. The Bertz CT molecular complexity index is 1050. The molecule has 0 bridgehead atoms. The van der Waals surface area contributed by atoms with Crippen LogP contribution in [-0.2, 0) is 21.7 Å². The molecule has 3 heteroatoms. The molecule has 0 radical (unpaired) electrons. The van der Waals surface area contributed by atoms with Gasteiger partial charge in [0.1, 0.15) is 11.4 Å². The van der Waals surface area contributed by atoms with Gasteiger partial charge in [0.25, 0.3) is 0 Å². The quantitative estimate of drug-likeness (QED) is 0.183. The maximum absolute atomic E-state index is 7.03. The number of hydrogen-bond acceptors (Lipinski definition) is 3. The van der Waals surface area contributed by atoms with E-state index in [2.05, 4.69) is 91.9 Å². The van der Waals surface area contributed by atoms with Gasteiger partial charge in [-0.25, -0.2) is 0 Å². The van der Waals surface area contributed by atoms with E-state index in [1.165, 1.54) is 0 Å². The van der Waals surface area contributed by atoms with Crippen molar-refractivity contribution in [1.29, 1.82) is 0 Å².